The number of imidazole rings is 2. The van der Waals surface area contributed by atoms with E-state index in [0.29, 0.717) is 11.5 Å². The number of aromatic nitrogens is 4. The number of hydrogen-bond acceptors (Lipinski definition) is 3. The fraction of sp³-hybridized carbons (Fsp3) is 0.0741. The molecule has 0 saturated carbocycles. The van der Waals surface area contributed by atoms with Crippen LogP contribution in [0.1, 0.15) is 22.3 Å². The van der Waals surface area contributed by atoms with Crippen molar-refractivity contribution in [1.29, 1.82) is 0 Å². The molecular formula is C54H36N4OPd. The third-order valence-corrected chi connectivity index (χ3v) is 12.2. The minimum Gasteiger partial charge on any atom is -0.497 e. The first-order chi connectivity index (χ1) is 28.9. The molecule has 5 nitrogen and oxygen atoms in total. The molecule has 0 aliphatic carbocycles. The molecule has 4 aromatic heterocycles. The molecule has 6 heteroatoms. The first kappa shape index (κ1) is 36.3. The first-order valence-electron chi connectivity index (χ1n) is 20.1. The normalized spacial score (nSPS) is 11.9. The van der Waals surface area contributed by atoms with Crippen LogP contribution in [0.4, 0.5) is 0 Å². The number of rotatable bonds is 4. The topological polar surface area (TPSA) is 43.8 Å². The Morgan fingerprint density at radius 3 is 1.23 bits per heavy atom. The van der Waals surface area contributed by atoms with E-state index >= 15 is 0 Å². The second-order valence-electron chi connectivity index (χ2n) is 15.8. The molecule has 0 bridgehead atoms. The molecule has 0 aliphatic rings. The van der Waals surface area contributed by atoms with Crippen molar-refractivity contribution in [2.45, 2.75) is 27.7 Å². The van der Waals surface area contributed by atoms with Gasteiger partial charge in [0.05, 0.1) is 33.4 Å². The molecule has 0 atom stereocenters. The number of benzene rings is 8. The number of para-hydroxylation sites is 4. The van der Waals surface area contributed by atoms with E-state index in [1.807, 2.05) is 24.3 Å². The van der Waals surface area contributed by atoms with Crippen LogP contribution in [0.15, 0.2) is 146 Å². The fourth-order valence-electron chi connectivity index (χ4n) is 9.75. The molecule has 0 spiro atoms. The van der Waals surface area contributed by atoms with Gasteiger partial charge in [-0.3, -0.25) is 9.97 Å². The van der Waals surface area contributed by atoms with Crippen LogP contribution in [0.3, 0.4) is 0 Å². The Hall–Kier alpha value is -6.84. The molecule has 0 fully saturated rings. The van der Waals surface area contributed by atoms with E-state index in [4.69, 9.17) is 14.7 Å². The van der Waals surface area contributed by atoms with Gasteiger partial charge in [0, 0.05) is 22.5 Å². The van der Waals surface area contributed by atoms with Crippen molar-refractivity contribution in [2.24, 2.45) is 0 Å². The van der Waals surface area contributed by atoms with Gasteiger partial charge < -0.3 is 13.5 Å². The molecule has 0 saturated heterocycles. The van der Waals surface area contributed by atoms with Crippen molar-refractivity contribution >= 4 is 76.7 Å². The van der Waals surface area contributed by atoms with Crippen molar-refractivity contribution in [3.8, 4) is 33.8 Å². The third-order valence-electron chi connectivity index (χ3n) is 12.2. The second kappa shape index (κ2) is 13.6. The van der Waals surface area contributed by atoms with Crippen LogP contribution in [-0.4, -0.2) is 18.8 Å². The summed E-state index contributed by atoms with van der Waals surface area (Å²) in [6, 6.07) is 58.8. The van der Waals surface area contributed by atoms with E-state index in [2.05, 4.69) is 170 Å². The van der Waals surface area contributed by atoms with Crippen LogP contribution in [0.2, 0.25) is 0 Å². The zero-order chi connectivity index (χ0) is 39.5. The molecule has 0 radical (unpaired) electrons. The van der Waals surface area contributed by atoms with Crippen molar-refractivity contribution in [3.63, 3.8) is 0 Å². The largest absolute Gasteiger partial charge is 2.00 e. The third kappa shape index (κ3) is 5.21. The Balaban J connectivity index is 0.00000408. The molecule has 4 heterocycles. The van der Waals surface area contributed by atoms with E-state index in [9.17, 15) is 0 Å². The summed E-state index contributed by atoms with van der Waals surface area (Å²) >= 11 is 0. The Labute approximate surface area is 360 Å². The second-order valence-corrected chi connectivity index (χ2v) is 15.8. The summed E-state index contributed by atoms with van der Waals surface area (Å²) in [7, 11) is 0. The summed E-state index contributed by atoms with van der Waals surface area (Å²) in [5, 5.41) is 6.28. The SMILES string of the molecule is Cc1cccc(C)c1-c1cccc2c1c1ccc(Oc3[c-]c4c(cc3)c3c(-c5c(C)cccc5C)cccc3n3c5ccccc5nc43)[c-]c1c1nc3ccccc3n21.[Pd+2]. The first-order valence-corrected chi connectivity index (χ1v) is 20.1. The van der Waals surface area contributed by atoms with Gasteiger partial charge in [0.1, 0.15) is 0 Å². The smallest absolute Gasteiger partial charge is 0.497 e. The Kier molecular flexibility index (Phi) is 8.22. The molecule has 0 N–H and O–H groups in total. The molecule has 0 amide bonds. The molecule has 288 valence electrons. The van der Waals surface area contributed by atoms with E-state index in [1.165, 1.54) is 44.5 Å². The zero-order valence-corrected chi connectivity index (χ0v) is 34.9. The molecule has 0 unspecified atom stereocenters. The zero-order valence-electron chi connectivity index (χ0n) is 33.4. The van der Waals surface area contributed by atoms with Crippen molar-refractivity contribution in [1.82, 2.24) is 18.8 Å². The summed E-state index contributed by atoms with van der Waals surface area (Å²) in [5.41, 5.74) is 17.7. The molecule has 12 rings (SSSR count). The summed E-state index contributed by atoms with van der Waals surface area (Å²) in [6.07, 6.45) is 0. The maximum atomic E-state index is 6.79. The maximum Gasteiger partial charge on any atom is 2.00 e. The molecule has 12 aromatic rings. The van der Waals surface area contributed by atoms with Crippen LogP contribution in [-0.2, 0) is 20.4 Å². The number of hydrogen-bond donors (Lipinski definition) is 0. The maximum absolute atomic E-state index is 6.79. The minimum absolute atomic E-state index is 0. The molecular weight excluding hydrogens is 827 g/mol. The molecule has 8 aromatic carbocycles. The number of ether oxygens (including phenoxy) is 1. The Morgan fingerprint density at radius 2 is 0.800 bits per heavy atom. The van der Waals surface area contributed by atoms with E-state index in [-0.39, 0.29) is 20.4 Å². The van der Waals surface area contributed by atoms with Gasteiger partial charge in [-0.2, -0.15) is 0 Å². The van der Waals surface area contributed by atoms with E-state index < -0.39 is 0 Å². The van der Waals surface area contributed by atoms with Gasteiger partial charge in [-0.25, -0.2) is 0 Å². The quantitative estimate of drug-likeness (QED) is 0.101. The predicted molar refractivity (Wildman–Crippen MR) is 243 cm³/mol. The van der Waals surface area contributed by atoms with E-state index in [1.54, 1.807) is 0 Å². The monoisotopic (exact) mass is 862 g/mol. The Morgan fingerprint density at radius 1 is 0.417 bits per heavy atom. The average molecular weight is 863 g/mol. The van der Waals surface area contributed by atoms with Gasteiger partial charge in [0.25, 0.3) is 0 Å². The summed E-state index contributed by atoms with van der Waals surface area (Å²) in [5.74, 6) is 1.18. The fourth-order valence-corrected chi connectivity index (χ4v) is 9.75. The minimum atomic E-state index is 0. The Bertz CT molecular complexity index is 3480. The predicted octanol–water partition coefficient (Wildman–Crippen LogP) is 13.9. The van der Waals surface area contributed by atoms with Crippen molar-refractivity contribution < 1.29 is 25.2 Å². The van der Waals surface area contributed by atoms with Crippen LogP contribution in [0, 0.1) is 39.8 Å². The molecule has 0 aliphatic heterocycles. The van der Waals surface area contributed by atoms with Gasteiger partial charge >= 0.3 is 20.4 Å². The van der Waals surface area contributed by atoms with Crippen molar-refractivity contribution in [3.05, 3.63) is 180 Å². The summed E-state index contributed by atoms with van der Waals surface area (Å²) in [4.78, 5) is 10.4. The number of fused-ring (bicyclic) bond motifs is 16. The van der Waals surface area contributed by atoms with Gasteiger partial charge in [0.15, 0.2) is 0 Å². The summed E-state index contributed by atoms with van der Waals surface area (Å²) in [6.45, 7) is 8.78. The molecule has 60 heavy (non-hydrogen) atoms. The van der Waals surface area contributed by atoms with E-state index in [0.717, 1.165) is 76.7 Å². The van der Waals surface area contributed by atoms with Crippen LogP contribution < -0.4 is 4.74 Å². The van der Waals surface area contributed by atoms with Gasteiger partial charge in [-0.1, -0.05) is 131 Å². The number of nitrogens with zero attached hydrogens (tertiary/aromatic N) is 4. The van der Waals surface area contributed by atoms with Gasteiger partial charge in [-0.15, -0.1) is 12.1 Å². The van der Waals surface area contributed by atoms with Gasteiger partial charge in [0.2, 0.25) is 0 Å². The van der Waals surface area contributed by atoms with Crippen LogP contribution >= 0.6 is 0 Å². The standard InChI is InChI=1S/C54H36N4O.Pd/c1-31-13-9-14-32(2)49(31)39-17-11-23-47-51(39)37-27-25-35(29-41(37)53-55-43-19-5-7-21-45(43)57(47)53)59-36-26-28-38-42(30-36)54-56-44-20-6-8-22-46(44)58(54)48-24-12-18-40(52(38)48)50-33(3)15-10-16-34(50)4;/h5-28H,1-4H3;/q-2;+2. The van der Waals surface area contributed by atoms with Crippen LogP contribution in [0.25, 0.3) is 99.0 Å². The van der Waals surface area contributed by atoms with Gasteiger partial charge in [-0.05, 0) is 119 Å². The van der Waals surface area contributed by atoms with Crippen molar-refractivity contribution in [2.75, 3.05) is 0 Å². The summed E-state index contributed by atoms with van der Waals surface area (Å²) < 4.78 is 11.4. The average Bonchev–Trinajstić information content (AvgIpc) is 3.84. The number of aryl methyl sites for hydroxylation is 4. The van der Waals surface area contributed by atoms with Crippen LogP contribution in [0.5, 0.6) is 11.5 Å². The number of pyridine rings is 2.